The van der Waals surface area contributed by atoms with Gasteiger partial charge in [-0.2, -0.15) is 0 Å². The summed E-state index contributed by atoms with van der Waals surface area (Å²) in [6.07, 6.45) is 0. The summed E-state index contributed by atoms with van der Waals surface area (Å²) in [6, 6.07) is 1.99. The molecule has 16 heavy (non-hydrogen) atoms. The van der Waals surface area contributed by atoms with Crippen molar-refractivity contribution < 1.29 is 14.6 Å². The molecule has 0 saturated heterocycles. The summed E-state index contributed by atoms with van der Waals surface area (Å²) in [6.45, 7) is 5.30. The second-order valence-electron chi connectivity index (χ2n) is 3.73. The van der Waals surface area contributed by atoms with Crippen LogP contribution in [-0.2, 0) is 11.3 Å². The van der Waals surface area contributed by atoms with Crippen LogP contribution < -0.4 is 5.32 Å². The number of carboxylic acid groups (broad SMARTS) is 1. The Kier molecular flexibility index (Phi) is 4.92. The average molecular weight is 243 g/mol. The number of rotatable bonds is 6. The highest BCUT2D eigenvalue weighted by molar-refractivity contribution is 7.14. The van der Waals surface area contributed by atoms with Crippen molar-refractivity contribution in [1.29, 1.82) is 0 Å². The molecule has 1 rings (SSSR count). The van der Waals surface area contributed by atoms with Crippen molar-refractivity contribution in [1.82, 2.24) is 5.32 Å². The molecule has 5 heteroatoms. The van der Waals surface area contributed by atoms with E-state index in [-0.39, 0.29) is 6.04 Å². The molecule has 0 aromatic carbocycles. The van der Waals surface area contributed by atoms with Crippen molar-refractivity contribution in [2.75, 3.05) is 13.7 Å². The molecule has 0 bridgehead atoms. The van der Waals surface area contributed by atoms with E-state index in [2.05, 4.69) is 5.32 Å². The van der Waals surface area contributed by atoms with E-state index < -0.39 is 5.97 Å². The van der Waals surface area contributed by atoms with E-state index in [1.807, 2.05) is 13.8 Å². The minimum Gasteiger partial charge on any atom is -0.477 e. The number of aromatic carboxylic acids is 1. The van der Waals surface area contributed by atoms with Gasteiger partial charge < -0.3 is 15.2 Å². The molecule has 1 heterocycles. The van der Waals surface area contributed by atoms with Gasteiger partial charge >= 0.3 is 5.97 Å². The molecular formula is C11H17NO3S. The Labute approximate surface area is 99.2 Å². The number of aryl methyl sites for hydroxylation is 1. The minimum absolute atomic E-state index is 0.262. The van der Waals surface area contributed by atoms with Crippen molar-refractivity contribution in [3.05, 3.63) is 21.4 Å². The summed E-state index contributed by atoms with van der Waals surface area (Å²) in [5.41, 5.74) is 1.05. The highest BCUT2D eigenvalue weighted by Crippen LogP contribution is 2.21. The van der Waals surface area contributed by atoms with Gasteiger partial charge in [-0.15, -0.1) is 11.3 Å². The maximum atomic E-state index is 10.8. The third-order valence-corrected chi connectivity index (χ3v) is 3.37. The molecule has 0 radical (unpaired) electrons. The Bertz CT molecular complexity index is 362. The molecule has 0 amide bonds. The molecule has 2 N–H and O–H groups in total. The first-order valence-electron chi connectivity index (χ1n) is 5.09. The Morgan fingerprint density at radius 1 is 1.69 bits per heavy atom. The fraction of sp³-hybridized carbons (Fsp3) is 0.545. The predicted octanol–water partition coefficient (Wildman–Crippen LogP) is 1.88. The molecule has 0 spiro atoms. The van der Waals surface area contributed by atoms with Gasteiger partial charge in [-0.05, 0) is 25.5 Å². The number of nitrogens with one attached hydrogen (secondary N) is 1. The quantitative estimate of drug-likeness (QED) is 0.801. The van der Waals surface area contributed by atoms with Crippen molar-refractivity contribution in [3.63, 3.8) is 0 Å². The van der Waals surface area contributed by atoms with Crippen LogP contribution in [0.25, 0.3) is 0 Å². The standard InChI is InChI=1S/C11H17NO3S/c1-7(6-15-3)12-5-9-4-10(11(13)14)16-8(9)2/h4,7,12H,5-6H2,1-3H3,(H,13,14). The molecule has 0 saturated carbocycles. The lowest BCUT2D eigenvalue weighted by Crippen LogP contribution is -2.29. The largest absolute Gasteiger partial charge is 0.477 e. The minimum atomic E-state index is -0.857. The van der Waals surface area contributed by atoms with Gasteiger partial charge in [-0.1, -0.05) is 0 Å². The second-order valence-corrected chi connectivity index (χ2v) is 4.99. The maximum Gasteiger partial charge on any atom is 0.345 e. The smallest absolute Gasteiger partial charge is 0.345 e. The molecule has 1 atom stereocenters. The van der Waals surface area contributed by atoms with Crippen LogP contribution in [0.4, 0.5) is 0 Å². The molecule has 1 unspecified atom stereocenters. The fourth-order valence-corrected chi connectivity index (χ4v) is 2.27. The van der Waals surface area contributed by atoms with Crippen molar-refractivity contribution in [2.45, 2.75) is 26.4 Å². The highest BCUT2D eigenvalue weighted by atomic mass is 32.1. The van der Waals surface area contributed by atoms with Gasteiger partial charge in [-0.3, -0.25) is 0 Å². The number of ether oxygens (including phenoxy) is 1. The van der Waals surface area contributed by atoms with E-state index in [4.69, 9.17) is 9.84 Å². The molecule has 90 valence electrons. The SMILES string of the molecule is COCC(C)NCc1cc(C(=O)O)sc1C. The third-order valence-electron chi connectivity index (χ3n) is 2.29. The van der Waals surface area contributed by atoms with Crippen LogP contribution in [0.1, 0.15) is 27.0 Å². The molecule has 0 aliphatic rings. The van der Waals surface area contributed by atoms with E-state index in [1.165, 1.54) is 11.3 Å². The van der Waals surface area contributed by atoms with Crippen LogP contribution in [0, 0.1) is 6.92 Å². The zero-order valence-electron chi connectivity index (χ0n) is 9.74. The zero-order chi connectivity index (χ0) is 12.1. The number of hydrogen-bond acceptors (Lipinski definition) is 4. The van der Waals surface area contributed by atoms with E-state index in [1.54, 1.807) is 13.2 Å². The first kappa shape index (κ1) is 13.2. The number of hydrogen-bond donors (Lipinski definition) is 2. The summed E-state index contributed by atoms with van der Waals surface area (Å²) < 4.78 is 5.01. The molecule has 4 nitrogen and oxygen atoms in total. The average Bonchev–Trinajstić information content (AvgIpc) is 2.58. The van der Waals surface area contributed by atoms with Gasteiger partial charge in [0.2, 0.25) is 0 Å². The van der Waals surface area contributed by atoms with Crippen molar-refractivity contribution in [2.24, 2.45) is 0 Å². The summed E-state index contributed by atoms with van der Waals surface area (Å²) >= 11 is 1.32. The number of carbonyl (C=O) groups is 1. The Hall–Kier alpha value is -0.910. The molecular weight excluding hydrogens is 226 g/mol. The Balaban J connectivity index is 2.57. The van der Waals surface area contributed by atoms with E-state index in [9.17, 15) is 4.79 Å². The lowest BCUT2D eigenvalue weighted by atomic mass is 10.2. The van der Waals surface area contributed by atoms with Crippen LogP contribution >= 0.6 is 11.3 Å². The van der Waals surface area contributed by atoms with Crippen LogP contribution in [-0.4, -0.2) is 30.8 Å². The van der Waals surface area contributed by atoms with Gasteiger partial charge in [0.05, 0.1) is 6.61 Å². The van der Waals surface area contributed by atoms with Gasteiger partial charge in [0.1, 0.15) is 4.88 Å². The van der Waals surface area contributed by atoms with Crippen LogP contribution in [0.3, 0.4) is 0 Å². The summed E-state index contributed by atoms with van der Waals surface area (Å²) in [4.78, 5) is 12.2. The number of methoxy groups -OCH3 is 1. The van der Waals surface area contributed by atoms with Crippen molar-refractivity contribution >= 4 is 17.3 Å². The molecule has 0 aliphatic heterocycles. The van der Waals surface area contributed by atoms with Crippen LogP contribution in [0.15, 0.2) is 6.07 Å². The zero-order valence-corrected chi connectivity index (χ0v) is 10.6. The normalized spacial score (nSPS) is 12.7. The lowest BCUT2D eigenvalue weighted by molar-refractivity contribution is 0.0702. The number of thiophene rings is 1. The molecule has 1 aromatic heterocycles. The number of carboxylic acids is 1. The van der Waals surface area contributed by atoms with Crippen molar-refractivity contribution in [3.8, 4) is 0 Å². The van der Waals surface area contributed by atoms with E-state index in [0.29, 0.717) is 18.0 Å². The maximum absolute atomic E-state index is 10.8. The molecule has 1 aromatic rings. The van der Waals surface area contributed by atoms with Gasteiger partial charge in [0.15, 0.2) is 0 Å². The molecule has 0 fully saturated rings. The third kappa shape index (κ3) is 3.59. The fourth-order valence-electron chi connectivity index (χ4n) is 1.39. The van der Waals surface area contributed by atoms with Gasteiger partial charge in [-0.25, -0.2) is 4.79 Å². The first-order valence-corrected chi connectivity index (χ1v) is 5.91. The topological polar surface area (TPSA) is 58.6 Å². The summed E-state index contributed by atoms with van der Waals surface area (Å²) in [7, 11) is 1.66. The van der Waals surface area contributed by atoms with Gasteiger partial charge in [0.25, 0.3) is 0 Å². The second kappa shape index (κ2) is 5.98. The van der Waals surface area contributed by atoms with E-state index in [0.717, 1.165) is 10.4 Å². The first-order chi connectivity index (χ1) is 7.54. The summed E-state index contributed by atoms with van der Waals surface area (Å²) in [5.74, 6) is -0.857. The van der Waals surface area contributed by atoms with Crippen LogP contribution in [0.2, 0.25) is 0 Å². The Morgan fingerprint density at radius 2 is 2.38 bits per heavy atom. The Morgan fingerprint density at radius 3 is 2.88 bits per heavy atom. The predicted molar refractivity (Wildman–Crippen MR) is 64.2 cm³/mol. The lowest BCUT2D eigenvalue weighted by Gasteiger charge is -2.12. The monoisotopic (exact) mass is 243 g/mol. The molecule has 0 aliphatic carbocycles. The highest BCUT2D eigenvalue weighted by Gasteiger charge is 2.11. The van der Waals surface area contributed by atoms with Gasteiger partial charge in [0, 0.05) is 24.6 Å². The van der Waals surface area contributed by atoms with E-state index >= 15 is 0 Å². The summed E-state index contributed by atoms with van der Waals surface area (Å²) in [5, 5.41) is 12.1. The van der Waals surface area contributed by atoms with Crippen LogP contribution in [0.5, 0.6) is 0 Å².